The van der Waals surface area contributed by atoms with E-state index in [1.807, 2.05) is 0 Å². The first-order valence-electron chi connectivity index (χ1n) is 10.7. The molecule has 1 heterocycles. The maximum atomic E-state index is 12.5. The molecule has 1 saturated heterocycles. The molecule has 0 aliphatic carbocycles. The summed E-state index contributed by atoms with van der Waals surface area (Å²) in [6, 6.07) is -0.0848. The monoisotopic (exact) mass is 433 g/mol. The molecule has 1 unspecified atom stereocenters. The number of likely N-dealkylation sites (tertiary alicyclic amines) is 1. The number of amides is 2. The van der Waals surface area contributed by atoms with Gasteiger partial charge >= 0.3 is 0 Å². The third kappa shape index (κ3) is 13.1. The fourth-order valence-electron chi connectivity index (χ4n) is 3.10. The number of methoxy groups -OCH3 is 1. The molecule has 1 fully saturated rings. The summed E-state index contributed by atoms with van der Waals surface area (Å²) in [5.41, 5.74) is 5.33. The molecule has 10 nitrogen and oxygen atoms in total. The highest BCUT2D eigenvalue weighted by atomic mass is 16.5. The Morgan fingerprint density at radius 1 is 0.933 bits per heavy atom. The van der Waals surface area contributed by atoms with Crippen LogP contribution in [0, 0.1) is 0 Å². The molecule has 0 saturated carbocycles. The van der Waals surface area contributed by atoms with Crippen LogP contribution in [0.1, 0.15) is 25.7 Å². The SMILES string of the molecule is COCCOCCOCC(=O)N1CCCCC1CC(=O)NCCOCCOCCN. The van der Waals surface area contributed by atoms with E-state index in [9.17, 15) is 9.59 Å². The fraction of sp³-hybridized carbons (Fsp3) is 0.900. The molecule has 0 aromatic heterocycles. The summed E-state index contributed by atoms with van der Waals surface area (Å²) in [7, 11) is 1.61. The van der Waals surface area contributed by atoms with Crippen LogP contribution in [0.5, 0.6) is 0 Å². The van der Waals surface area contributed by atoms with Gasteiger partial charge in [0.05, 0.1) is 52.9 Å². The molecular formula is C20H39N3O7. The number of nitrogens with one attached hydrogen (secondary N) is 1. The van der Waals surface area contributed by atoms with Crippen molar-refractivity contribution in [2.45, 2.75) is 31.7 Å². The Balaban J connectivity index is 2.17. The quantitative estimate of drug-likeness (QED) is 0.279. The predicted molar refractivity (Wildman–Crippen MR) is 111 cm³/mol. The lowest BCUT2D eigenvalue weighted by Crippen LogP contribution is -2.47. The zero-order valence-electron chi connectivity index (χ0n) is 18.3. The fourth-order valence-corrected chi connectivity index (χ4v) is 3.10. The first kappa shape index (κ1) is 26.7. The number of ether oxygens (including phenoxy) is 5. The van der Waals surface area contributed by atoms with Gasteiger partial charge in [-0.15, -0.1) is 0 Å². The highest BCUT2D eigenvalue weighted by molar-refractivity contribution is 5.80. The normalized spacial score (nSPS) is 16.6. The van der Waals surface area contributed by atoms with Crippen molar-refractivity contribution in [1.29, 1.82) is 0 Å². The van der Waals surface area contributed by atoms with E-state index in [0.717, 1.165) is 19.3 Å². The average Bonchev–Trinajstić information content (AvgIpc) is 2.75. The third-order valence-electron chi connectivity index (χ3n) is 4.60. The Morgan fingerprint density at radius 2 is 1.60 bits per heavy atom. The molecule has 2 amide bonds. The summed E-state index contributed by atoms with van der Waals surface area (Å²) >= 11 is 0. The second-order valence-electron chi connectivity index (χ2n) is 6.96. The average molecular weight is 434 g/mol. The van der Waals surface area contributed by atoms with Crippen LogP contribution in [0.4, 0.5) is 0 Å². The van der Waals surface area contributed by atoms with Gasteiger partial charge in [-0.05, 0) is 19.3 Å². The standard InChI is InChI=1S/C20H39N3O7/c1-26-10-11-29-14-15-30-17-20(25)23-7-3-2-4-18(23)16-19(24)22-6-9-28-13-12-27-8-5-21/h18H,2-17,21H2,1H3,(H,22,24). The van der Waals surface area contributed by atoms with Crippen molar-refractivity contribution in [3.8, 4) is 0 Å². The molecule has 0 radical (unpaired) electrons. The van der Waals surface area contributed by atoms with Gasteiger partial charge in [-0.1, -0.05) is 0 Å². The topological polar surface area (TPSA) is 122 Å². The number of carbonyl (C=O) groups is 2. The van der Waals surface area contributed by atoms with Gasteiger partial charge in [0.2, 0.25) is 11.8 Å². The highest BCUT2D eigenvalue weighted by Crippen LogP contribution is 2.20. The van der Waals surface area contributed by atoms with Crippen LogP contribution in [-0.4, -0.2) is 109 Å². The Labute approximate surface area is 179 Å². The number of hydrogen-bond donors (Lipinski definition) is 2. The minimum Gasteiger partial charge on any atom is -0.382 e. The molecule has 1 aliphatic heterocycles. The minimum absolute atomic E-state index is 0.00578. The van der Waals surface area contributed by atoms with Crippen LogP contribution in [0.25, 0.3) is 0 Å². The van der Waals surface area contributed by atoms with Crippen LogP contribution in [0.15, 0.2) is 0 Å². The summed E-state index contributed by atoms with van der Waals surface area (Å²) in [6.07, 6.45) is 3.09. The summed E-state index contributed by atoms with van der Waals surface area (Å²) in [5, 5.41) is 2.85. The molecule has 176 valence electrons. The molecule has 1 rings (SSSR count). The van der Waals surface area contributed by atoms with Crippen molar-refractivity contribution >= 4 is 11.8 Å². The Morgan fingerprint density at radius 3 is 2.33 bits per heavy atom. The van der Waals surface area contributed by atoms with Gasteiger partial charge in [-0.2, -0.15) is 0 Å². The van der Waals surface area contributed by atoms with Crippen molar-refractivity contribution in [3.05, 3.63) is 0 Å². The molecule has 0 bridgehead atoms. The van der Waals surface area contributed by atoms with Crippen molar-refractivity contribution in [2.75, 3.05) is 86.2 Å². The van der Waals surface area contributed by atoms with E-state index in [1.54, 1.807) is 12.0 Å². The van der Waals surface area contributed by atoms with E-state index in [2.05, 4.69) is 5.32 Å². The van der Waals surface area contributed by atoms with E-state index in [1.165, 1.54) is 0 Å². The second kappa shape index (κ2) is 18.5. The summed E-state index contributed by atoms with van der Waals surface area (Å²) in [4.78, 5) is 26.5. The number of rotatable bonds is 18. The van der Waals surface area contributed by atoms with Gasteiger partial charge in [0.25, 0.3) is 0 Å². The minimum atomic E-state index is -0.0848. The van der Waals surface area contributed by atoms with Crippen LogP contribution in [0.3, 0.4) is 0 Å². The van der Waals surface area contributed by atoms with E-state index in [-0.39, 0.29) is 24.5 Å². The van der Waals surface area contributed by atoms with Crippen LogP contribution in [-0.2, 0) is 33.3 Å². The molecular weight excluding hydrogens is 394 g/mol. The molecule has 0 spiro atoms. The lowest BCUT2D eigenvalue weighted by molar-refractivity contribution is -0.141. The molecule has 0 aromatic carbocycles. The van der Waals surface area contributed by atoms with Crippen LogP contribution in [0.2, 0.25) is 0 Å². The van der Waals surface area contributed by atoms with Gasteiger partial charge in [0, 0.05) is 39.2 Å². The predicted octanol–water partition coefficient (Wildman–Crippen LogP) is -0.455. The number of nitrogens with two attached hydrogens (primary N) is 1. The van der Waals surface area contributed by atoms with E-state index in [4.69, 9.17) is 29.4 Å². The van der Waals surface area contributed by atoms with Crippen molar-refractivity contribution < 1.29 is 33.3 Å². The first-order valence-corrected chi connectivity index (χ1v) is 10.7. The van der Waals surface area contributed by atoms with Gasteiger partial charge < -0.3 is 39.6 Å². The number of nitrogens with zero attached hydrogens (tertiary/aromatic N) is 1. The van der Waals surface area contributed by atoms with Crippen LogP contribution >= 0.6 is 0 Å². The smallest absolute Gasteiger partial charge is 0.248 e. The summed E-state index contributed by atoms with van der Waals surface area (Å²) in [5.74, 6) is -0.152. The van der Waals surface area contributed by atoms with E-state index < -0.39 is 0 Å². The summed E-state index contributed by atoms with van der Waals surface area (Å²) in [6.45, 7) is 5.31. The Kier molecular flexibility index (Phi) is 16.5. The van der Waals surface area contributed by atoms with Gasteiger partial charge in [-0.25, -0.2) is 0 Å². The number of hydrogen-bond acceptors (Lipinski definition) is 8. The maximum Gasteiger partial charge on any atom is 0.248 e. The molecule has 10 heteroatoms. The first-order chi connectivity index (χ1) is 14.7. The number of piperidine rings is 1. The van der Waals surface area contributed by atoms with Crippen molar-refractivity contribution in [1.82, 2.24) is 10.2 Å². The van der Waals surface area contributed by atoms with Gasteiger partial charge in [0.1, 0.15) is 6.61 Å². The maximum absolute atomic E-state index is 12.5. The summed E-state index contributed by atoms with van der Waals surface area (Å²) < 4.78 is 26.2. The zero-order chi connectivity index (χ0) is 21.9. The van der Waals surface area contributed by atoms with E-state index >= 15 is 0 Å². The molecule has 0 aromatic rings. The van der Waals surface area contributed by atoms with Crippen molar-refractivity contribution in [2.24, 2.45) is 5.73 Å². The van der Waals surface area contributed by atoms with Crippen molar-refractivity contribution in [3.63, 3.8) is 0 Å². The van der Waals surface area contributed by atoms with Crippen LogP contribution < -0.4 is 11.1 Å². The Bertz CT molecular complexity index is 454. The van der Waals surface area contributed by atoms with E-state index in [0.29, 0.717) is 78.9 Å². The zero-order valence-corrected chi connectivity index (χ0v) is 18.3. The third-order valence-corrected chi connectivity index (χ3v) is 4.60. The molecule has 30 heavy (non-hydrogen) atoms. The highest BCUT2D eigenvalue weighted by Gasteiger charge is 2.28. The second-order valence-corrected chi connectivity index (χ2v) is 6.96. The molecule has 1 aliphatic rings. The lowest BCUT2D eigenvalue weighted by Gasteiger charge is -2.35. The largest absolute Gasteiger partial charge is 0.382 e. The van der Waals surface area contributed by atoms with Gasteiger partial charge in [-0.3, -0.25) is 9.59 Å². The molecule has 1 atom stereocenters. The number of carbonyl (C=O) groups excluding carboxylic acids is 2. The van der Waals surface area contributed by atoms with Gasteiger partial charge in [0.15, 0.2) is 0 Å². The Hall–Kier alpha value is -1.30. The molecule has 3 N–H and O–H groups in total. The lowest BCUT2D eigenvalue weighted by atomic mass is 9.99.